The second-order valence-electron chi connectivity index (χ2n) is 7.79. The Morgan fingerprint density at radius 1 is 0.970 bits per heavy atom. The maximum Gasteiger partial charge on any atom is 0.243 e. The van der Waals surface area contributed by atoms with E-state index in [4.69, 9.17) is 5.73 Å². The number of nitrogens with two attached hydrogens (primary N) is 1. The van der Waals surface area contributed by atoms with Crippen LogP contribution in [-0.2, 0) is 10.0 Å². The topological polar surface area (TPSA) is 117 Å². The summed E-state index contributed by atoms with van der Waals surface area (Å²) in [6.07, 6.45) is 0.639. The molecule has 0 aliphatic carbocycles. The molecule has 0 spiro atoms. The molecule has 0 radical (unpaired) electrons. The van der Waals surface area contributed by atoms with Crippen molar-refractivity contribution in [3.05, 3.63) is 66.2 Å². The lowest BCUT2D eigenvalue weighted by Crippen LogP contribution is -2.36. The quantitative estimate of drug-likeness (QED) is 0.564. The van der Waals surface area contributed by atoms with Crippen molar-refractivity contribution in [2.24, 2.45) is 0 Å². The third kappa shape index (κ3) is 5.44. The van der Waals surface area contributed by atoms with Gasteiger partial charge in [0.1, 0.15) is 5.82 Å². The molecular weight excluding hydrogens is 445 g/mol. The molecule has 0 bridgehead atoms. The predicted octanol–water partition coefficient (Wildman–Crippen LogP) is 2.79. The average Bonchev–Trinajstić information content (AvgIpc) is 3.06. The lowest BCUT2D eigenvalue weighted by atomic mass is 10.2. The minimum Gasteiger partial charge on any atom is -0.368 e. The van der Waals surface area contributed by atoms with Crippen molar-refractivity contribution >= 4 is 27.6 Å². The van der Waals surface area contributed by atoms with Gasteiger partial charge < -0.3 is 11.1 Å². The molecule has 0 saturated carbocycles. The summed E-state index contributed by atoms with van der Waals surface area (Å²) < 4.78 is 40.6. The van der Waals surface area contributed by atoms with E-state index in [9.17, 15) is 12.8 Å². The number of para-hydroxylation sites is 1. The first-order valence-electron chi connectivity index (χ1n) is 10.7. The number of aromatic nitrogens is 3. The molecule has 3 aromatic rings. The monoisotopic (exact) mass is 471 g/mol. The smallest absolute Gasteiger partial charge is 0.243 e. The summed E-state index contributed by atoms with van der Waals surface area (Å²) >= 11 is 0. The SMILES string of the molecule is C[C@H](c1nc(N)nc(Nc2ccccc2)n1)N1CCCN(S(=O)(=O)c2ccc(F)cc2)CC1. The number of sulfonamides is 1. The number of halogens is 1. The normalized spacial score (nSPS) is 16.8. The van der Waals surface area contributed by atoms with Gasteiger partial charge in [-0.05, 0) is 49.7 Å². The fourth-order valence-electron chi connectivity index (χ4n) is 3.76. The van der Waals surface area contributed by atoms with Crippen molar-refractivity contribution in [3.63, 3.8) is 0 Å². The molecule has 9 nitrogen and oxygen atoms in total. The maximum atomic E-state index is 13.2. The molecule has 2 heterocycles. The molecule has 4 rings (SSSR count). The molecule has 1 aromatic heterocycles. The first kappa shape index (κ1) is 23.0. The first-order chi connectivity index (χ1) is 15.8. The van der Waals surface area contributed by atoms with Crippen molar-refractivity contribution in [1.29, 1.82) is 0 Å². The van der Waals surface area contributed by atoms with Crippen molar-refractivity contribution in [2.45, 2.75) is 24.3 Å². The number of rotatable bonds is 6. The van der Waals surface area contributed by atoms with Crippen LogP contribution in [0, 0.1) is 5.82 Å². The molecule has 0 unspecified atom stereocenters. The van der Waals surface area contributed by atoms with Crippen LogP contribution >= 0.6 is 0 Å². The lowest BCUT2D eigenvalue weighted by Gasteiger charge is -2.27. The lowest BCUT2D eigenvalue weighted by molar-refractivity contribution is 0.214. The van der Waals surface area contributed by atoms with Crippen molar-refractivity contribution < 1.29 is 12.8 Å². The van der Waals surface area contributed by atoms with E-state index in [2.05, 4.69) is 25.2 Å². The second kappa shape index (κ2) is 9.77. The van der Waals surface area contributed by atoms with E-state index >= 15 is 0 Å². The van der Waals surface area contributed by atoms with Gasteiger partial charge >= 0.3 is 0 Å². The van der Waals surface area contributed by atoms with Crippen LogP contribution in [0.2, 0.25) is 0 Å². The molecule has 1 atom stereocenters. The summed E-state index contributed by atoms with van der Waals surface area (Å²) in [6, 6.07) is 14.2. The number of nitrogens with zero attached hydrogens (tertiary/aromatic N) is 5. The van der Waals surface area contributed by atoms with Gasteiger partial charge in [0, 0.05) is 31.9 Å². The van der Waals surface area contributed by atoms with Crippen molar-refractivity contribution in [2.75, 3.05) is 37.2 Å². The Bertz CT molecular complexity index is 1190. The molecule has 2 aromatic carbocycles. The van der Waals surface area contributed by atoms with E-state index < -0.39 is 15.8 Å². The Balaban J connectivity index is 1.47. The van der Waals surface area contributed by atoms with Gasteiger partial charge in [-0.1, -0.05) is 18.2 Å². The van der Waals surface area contributed by atoms with Crippen molar-refractivity contribution in [3.8, 4) is 0 Å². The van der Waals surface area contributed by atoms with Gasteiger partial charge in [-0.15, -0.1) is 0 Å². The molecule has 1 aliphatic rings. The van der Waals surface area contributed by atoms with E-state index in [1.807, 2.05) is 37.3 Å². The molecule has 11 heteroatoms. The molecule has 33 heavy (non-hydrogen) atoms. The third-order valence-corrected chi connectivity index (χ3v) is 7.48. The highest BCUT2D eigenvalue weighted by molar-refractivity contribution is 7.89. The average molecular weight is 472 g/mol. The Morgan fingerprint density at radius 2 is 1.70 bits per heavy atom. The largest absolute Gasteiger partial charge is 0.368 e. The second-order valence-corrected chi connectivity index (χ2v) is 9.73. The molecule has 174 valence electrons. The van der Waals surface area contributed by atoms with Crippen LogP contribution in [0.15, 0.2) is 59.5 Å². The zero-order chi connectivity index (χ0) is 23.4. The summed E-state index contributed by atoms with van der Waals surface area (Å²) in [5.41, 5.74) is 6.76. The van der Waals surface area contributed by atoms with Crippen LogP contribution in [0.3, 0.4) is 0 Å². The highest BCUT2D eigenvalue weighted by Crippen LogP contribution is 2.24. The van der Waals surface area contributed by atoms with Crippen LogP contribution in [-0.4, -0.2) is 58.8 Å². The van der Waals surface area contributed by atoms with Crippen LogP contribution in [0.25, 0.3) is 0 Å². The van der Waals surface area contributed by atoms with E-state index in [1.54, 1.807) is 0 Å². The number of benzene rings is 2. The van der Waals surface area contributed by atoms with Gasteiger partial charge in [0.2, 0.25) is 21.9 Å². The molecule has 1 fully saturated rings. The fraction of sp³-hybridized carbons (Fsp3) is 0.318. The standard InChI is InChI=1S/C22H26FN7O2S/c1-16(20-26-21(24)28-22(27-20)25-18-6-3-2-4-7-18)29-12-5-13-30(15-14-29)33(31,32)19-10-8-17(23)9-11-19/h2-4,6-11,16H,5,12-15H2,1H3,(H3,24,25,26,27,28)/t16-/m1/s1. The van der Waals surface area contributed by atoms with Crippen LogP contribution < -0.4 is 11.1 Å². The minimum absolute atomic E-state index is 0.0901. The Hall–Kier alpha value is -3.15. The van der Waals surface area contributed by atoms with E-state index in [1.165, 1.54) is 16.4 Å². The maximum absolute atomic E-state index is 13.2. The van der Waals surface area contributed by atoms with Crippen molar-refractivity contribution in [1.82, 2.24) is 24.2 Å². The summed E-state index contributed by atoms with van der Waals surface area (Å²) in [5, 5.41) is 3.13. The molecule has 1 aliphatic heterocycles. The number of nitrogen functional groups attached to an aromatic ring is 1. The summed E-state index contributed by atoms with van der Waals surface area (Å²) in [5.74, 6) is 0.504. The van der Waals surface area contributed by atoms with Gasteiger partial charge in [-0.3, -0.25) is 4.90 Å². The van der Waals surface area contributed by atoms with Crippen LogP contribution in [0.1, 0.15) is 25.2 Å². The zero-order valence-corrected chi connectivity index (χ0v) is 19.0. The van der Waals surface area contributed by atoms with E-state index in [-0.39, 0.29) is 16.9 Å². The number of hydrogen-bond donors (Lipinski definition) is 2. The highest BCUT2D eigenvalue weighted by atomic mass is 32.2. The van der Waals surface area contributed by atoms with E-state index in [0.717, 1.165) is 17.8 Å². The summed E-state index contributed by atoms with van der Waals surface area (Å²) in [7, 11) is -3.70. The Kier molecular flexibility index (Phi) is 6.82. The predicted molar refractivity (Wildman–Crippen MR) is 124 cm³/mol. The summed E-state index contributed by atoms with van der Waals surface area (Å²) in [4.78, 5) is 15.2. The molecular formula is C22H26FN7O2S. The molecule has 1 saturated heterocycles. The van der Waals surface area contributed by atoms with Gasteiger partial charge in [0.05, 0.1) is 10.9 Å². The van der Waals surface area contributed by atoms with Gasteiger partial charge in [-0.25, -0.2) is 12.8 Å². The number of nitrogens with one attached hydrogen (secondary N) is 1. The minimum atomic E-state index is -3.70. The van der Waals surface area contributed by atoms with Gasteiger partial charge in [0.15, 0.2) is 5.82 Å². The number of hydrogen-bond acceptors (Lipinski definition) is 8. The highest BCUT2D eigenvalue weighted by Gasteiger charge is 2.29. The van der Waals surface area contributed by atoms with Gasteiger partial charge in [-0.2, -0.15) is 19.3 Å². The van der Waals surface area contributed by atoms with Crippen LogP contribution in [0.5, 0.6) is 0 Å². The Morgan fingerprint density at radius 3 is 2.42 bits per heavy atom. The zero-order valence-electron chi connectivity index (χ0n) is 18.2. The van der Waals surface area contributed by atoms with E-state index in [0.29, 0.717) is 44.4 Å². The summed E-state index contributed by atoms with van der Waals surface area (Å²) in [6.45, 7) is 3.81. The Labute approximate surface area is 192 Å². The molecule has 0 amide bonds. The number of anilines is 3. The fourth-order valence-corrected chi connectivity index (χ4v) is 5.23. The molecule has 3 N–H and O–H groups in total. The van der Waals surface area contributed by atoms with Gasteiger partial charge in [0.25, 0.3) is 0 Å². The van der Waals surface area contributed by atoms with Crippen LogP contribution in [0.4, 0.5) is 22.0 Å². The first-order valence-corrected chi connectivity index (χ1v) is 12.1. The third-order valence-electron chi connectivity index (χ3n) is 5.56.